The first-order valence-electron chi connectivity index (χ1n) is 7.41. The van der Waals surface area contributed by atoms with E-state index in [4.69, 9.17) is 9.47 Å². The van der Waals surface area contributed by atoms with Gasteiger partial charge in [0, 0.05) is 11.6 Å². The van der Waals surface area contributed by atoms with Crippen LogP contribution in [0.25, 0.3) is 0 Å². The van der Waals surface area contributed by atoms with E-state index >= 15 is 0 Å². The van der Waals surface area contributed by atoms with Crippen LogP contribution in [0.3, 0.4) is 0 Å². The molecule has 0 amide bonds. The lowest BCUT2D eigenvalue weighted by Crippen LogP contribution is -2.10. The molecule has 0 aliphatic heterocycles. The predicted octanol–water partition coefficient (Wildman–Crippen LogP) is 5.18. The molecule has 0 fully saturated rings. The molecule has 2 rings (SSSR count). The fraction of sp³-hybridized carbons (Fsp3) is 0.278. The molecule has 0 atom stereocenters. The quantitative estimate of drug-likeness (QED) is 0.515. The van der Waals surface area contributed by atoms with Crippen molar-refractivity contribution in [3.63, 3.8) is 0 Å². The Morgan fingerprint density at radius 1 is 1.25 bits per heavy atom. The van der Waals surface area contributed by atoms with Crippen LogP contribution in [0.2, 0.25) is 0 Å². The average molecular weight is 397 g/mol. The Balaban J connectivity index is 2.23. The Bertz CT molecular complexity index is 746. The van der Waals surface area contributed by atoms with Crippen LogP contribution < -0.4 is 9.47 Å². The summed E-state index contributed by atoms with van der Waals surface area (Å²) >= 11 is 3.39. The highest BCUT2D eigenvalue weighted by atomic mass is 79.9. The lowest BCUT2D eigenvalue weighted by molar-refractivity contribution is 0.120. The molecule has 0 radical (unpaired) electrons. The molecule has 2 aromatic rings. The number of methoxy groups -OCH3 is 1. The van der Waals surface area contributed by atoms with Gasteiger partial charge >= 0.3 is 6.16 Å². The summed E-state index contributed by atoms with van der Waals surface area (Å²) in [6, 6.07) is 8.34. The van der Waals surface area contributed by atoms with Crippen LogP contribution in [0.15, 0.2) is 34.8 Å². The maximum atomic E-state index is 13.9. The normalized spacial score (nSPS) is 10.4. The molecule has 0 aliphatic carbocycles. The van der Waals surface area contributed by atoms with E-state index in [-0.39, 0.29) is 12.4 Å². The third kappa shape index (κ3) is 4.26. The minimum Gasteiger partial charge on any atom is -0.487 e. The standard InChI is InChI=1S/C18H18BrFO4/c1-4-12-8-14(19)17(9-15(12)20)23-10-13-11(2)6-5-7-16(13)24-18(21)22-3/h5-9H,4,10H2,1-3H3. The van der Waals surface area contributed by atoms with Gasteiger partial charge in [-0.15, -0.1) is 0 Å². The Morgan fingerprint density at radius 2 is 2.00 bits per heavy atom. The van der Waals surface area contributed by atoms with E-state index in [1.54, 1.807) is 18.2 Å². The van der Waals surface area contributed by atoms with E-state index in [0.29, 0.717) is 33.5 Å². The van der Waals surface area contributed by atoms with Crippen molar-refractivity contribution in [3.8, 4) is 11.5 Å². The first kappa shape index (κ1) is 18.3. The van der Waals surface area contributed by atoms with E-state index < -0.39 is 6.16 Å². The van der Waals surface area contributed by atoms with Crippen molar-refractivity contribution in [2.75, 3.05) is 7.11 Å². The van der Waals surface area contributed by atoms with Gasteiger partial charge in [0.25, 0.3) is 0 Å². The molecule has 128 valence electrons. The number of carbonyl (C=O) groups excluding carboxylic acids is 1. The van der Waals surface area contributed by atoms with Crippen molar-refractivity contribution in [2.24, 2.45) is 0 Å². The minimum atomic E-state index is -0.804. The fourth-order valence-electron chi connectivity index (χ4n) is 2.19. The molecule has 0 bridgehead atoms. The molecule has 24 heavy (non-hydrogen) atoms. The van der Waals surface area contributed by atoms with Gasteiger partial charge in [-0.05, 0) is 52.5 Å². The van der Waals surface area contributed by atoms with Gasteiger partial charge < -0.3 is 14.2 Å². The first-order chi connectivity index (χ1) is 11.5. The summed E-state index contributed by atoms with van der Waals surface area (Å²) in [5.41, 5.74) is 2.19. The molecule has 0 saturated heterocycles. The summed E-state index contributed by atoms with van der Waals surface area (Å²) in [7, 11) is 1.24. The summed E-state index contributed by atoms with van der Waals surface area (Å²) in [6.45, 7) is 3.89. The van der Waals surface area contributed by atoms with Crippen molar-refractivity contribution in [1.82, 2.24) is 0 Å². The fourth-order valence-corrected chi connectivity index (χ4v) is 2.69. The van der Waals surface area contributed by atoms with Crippen molar-refractivity contribution >= 4 is 22.1 Å². The lowest BCUT2D eigenvalue weighted by Gasteiger charge is -2.14. The van der Waals surface area contributed by atoms with Crippen LogP contribution in [-0.2, 0) is 17.8 Å². The monoisotopic (exact) mass is 396 g/mol. The number of carbonyl (C=O) groups is 1. The second kappa shape index (κ2) is 8.15. The number of halogens is 2. The topological polar surface area (TPSA) is 44.8 Å². The average Bonchev–Trinajstić information content (AvgIpc) is 2.56. The van der Waals surface area contributed by atoms with Crippen molar-refractivity contribution in [2.45, 2.75) is 26.9 Å². The maximum absolute atomic E-state index is 13.9. The van der Waals surface area contributed by atoms with Crippen molar-refractivity contribution < 1.29 is 23.4 Å². The highest BCUT2D eigenvalue weighted by Gasteiger charge is 2.14. The smallest absolute Gasteiger partial charge is 0.487 e. The van der Waals surface area contributed by atoms with Crippen LogP contribution in [0.4, 0.5) is 9.18 Å². The van der Waals surface area contributed by atoms with Gasteiger partial charge in [-0.25, -0.2) is 9.18 Å². The molecular formula is C18H18BrFO4. The van der Waals surface area contributed by atoms with Gasteiger partial charge in [-0.2, -0.15) is 0 Å². The Morgan fingerprint density at radius 3 is 2.67 bits per heavy atom. The largest absolute Gasteiger partial charge is 0.513 e. The molecule has 0 saturated carbocycles. The maximum Gasteiger partial charge on any atom is 0.513 e. The van der Waals surface area contributed by atoms with Crippen LogP contribution in [0, 0.1) is 12.7 Å². The van der Waals surface area contributed by atoms with Gasteiger partial charge in [-0.3, -0.25) is 0 Å². The predicted molar refractivity (Wildman–Crippen MR) is 92.0 cm³/mol. The van der Waals surface area contributed by atoms with E-state index in [1.165, 1.54) is 13.2 Å². The lowest BCUT2D eigenvalue weighted by atomic mass is 10.1. The summed E-state index contributed by atoms with van der Waals surface area (Å²) in [6.07, 6.45) is -0.207. The first-order valence-corrected chi connectivity index (χ1v) is 8.20. The Hall–Kier alpha value is -2.08. The second-order valence-electron chi connectivity index (χ2n) is 5.12. The summed E-state index contributed by atoms with van der Waals surface area (Å²) in [4.78, 5) is 11.3. The SMILES string of the molecule is CCc1cc(Br)c(OCc2c(C)cccc2OC(=O)OC)cc1F. The third-order valence-corrected chi connectivity index (χ3v) is 4.20. The highest BCUT2D eigenvalue weighted by molar-refractivity contribution is 9.10. The molecule has 6 heteroatoms. The van der Waals surface area contributed by atoms with Gasteiger partial charge in [0.2, 0.25) is 0 Å². The zero-order valence-electron chi connectivity index (χ0n) is 13.7. The number of aryl methyl sites for hydroxylation is 2. The number of ether oxygens (including phenoxy) is 3. The zero-order valence-corrected chi connectivity index (χ0v) is 15.3. The van der Waals surface area contributed by atoms with Crippen LogP contribution in [0.1, 0.15) is 23.6 Å². The molecule has 2 aromatic carbocycles. The van der Waals surface area contributed by atoms with Crippen LogP contribution in [0.5, 0.6) is 11.5 Å². The summed E-state index contributed by atoms with van der Waals surface area (Å²) in [5, 5.41) is 0. The van der Waals surface area contributed by atoms with E-state index in [9.17, 15) is 9.18 Å². The number of benzene rings is 2. The molecule has 0 unspecified atom stereocenters. The molecule has 0 heterocycles. The summed E-state index contributed by atoms with van der Waals surface area (Å²) in [5.74, 6) is 0.423. The number of hydrogen-bond donors (Lipinski definition) is 0. The van der Waals surface area contributed by atoms with Gasteiger partial charge in [0.1, 0.15) is 23.9 Å². The Kier molecular flexibility index (Phi) is 6.20. The minimum absolute atomic E-state index is 0.127. The molecule has 0 aliphatic rings. The van der Waals surface area contributed by atoms with Gasteiger partial charge in [-0.1, -0.05) is 19.1 Å². The highest BCUT2D eigenvalue weighted by Crippen LogP contribution is 2.31. The van der Waals surface area contributed by atoms with Crippen molar-refractivity contribution in [1.29, 1.82) is 0 Å². The van der Waals surface area contributed by atoms with E-state index in [2.05, 4.69) is 20.7 Å². The molecule has 0 aromatic heterocycles. The third-order valence-electron chi connectivity index (χ3n) is 3.58. The zero-order chi connectivity index (χ0) is 17.7. The number of rotatable bonds is 5. The molecule has 0 N–H and O–H groups in total. The number of hydrogen-bond acceptors (Lipinski definition) is 4. The molecule has 0 spiro atoms. The second-order valence-corrected chi connectivity index (χ2v) is 5.98. The summed E-state index contributed by atoms with van der Waals surface area (Å²) < 4.78 is 30.0. The van der Waals surface area contributed by atoms with Crippen molar-refractivity contribution in [3.05, 3.63) is 57.3 Å². The molecular weight excluding hydrogens is 379 g/mol. The van der Waals surface area contributed by atoms with Gasteiger partial charge in [0.15, 0.2) is 0 Å². The van der Waals surface area contributed by atoms with E-state index in [0.717, 1.165) is 5.56 Å². The molecule has 4 nitrogen and oxygen atoms in total. The van der Waals surface area contributed by atoms with Crippen LogP contribution >= 0.6 is 15.9 Å². The Labute approximate surface area is 148 Å². The van der Waals surface area contributed by atoms with Crippen LogP contribution in [-0.4, -0.2) is 13.3 Å². The van der Waals surface area contributed by atoms with E-state index in [1.807, 2.05) is 19.9 Å². The van der Waals surface area contributed by atoms with Gasteiger partial charge in [0.05, 0.1) is 11.6 Å².